The minimum atomic E-state index is 0.502. The highest BCUT2D eigenvalue weighted by Gasteiger charge is 2.16. The third-order valence-electron chi connectivity index (χ3n) is 4.11. The van der Waals surface area contributed by atoms with Gasteiger partial charge in [-0.05, 0) is 25.0 Å². The van der Waals surface area contributed by atoms with E-state index >= 15 is 0 Å². The largest absolute Gasteiger partial charge is 0.323 e. The van der Waals surface area contributed by atoms with Crippen LogP contribution in [0, 0.1) is 0 Å². The van der Waals surface area contributed by atoms with Crippen molar-refractivity contribution in [3.63, 3.8) is 0 Å². The van der Waals surface area contributed by atoms with Crippen LogP contribution in [0.4, 0.5) is 0 Å². The van der Waals surface area contributed by atoms with E-state index < -0.39 is 0 Å². The van der Waals surface area contributed by atoms with E-state index in [1.807, 2.05) is 18.2 Å². The lowest BCUT2D eigenvalue weighted by Crippen LogP contribution is -2.02. The molecule has 0 radical (unpaired) electrons. The van der Waals surface area contributed by atoms with E-state index in [9.17, 15) is 0 Å². The van der Waals surface area contributed by atoms with Gasteiger partial charge in [-0.25, -0.2) is 0 Å². The summed E-state index contributed by atoms with van der Waals surface area (Å²) in [7, 11) is 0. The van der Waals surface area contributed by atoms with E-state index in [1.54, 1.807) is 6.20 Å². The number of pyridine rings is 1. The SMILES string of the molecule is CCCCCCC(CCCC)c1nnc(-c2ccccn2)[nH]1. The van der Waals surface area contributed by atoms with E-state index in [-0.39, 0.29) is 0 Å². The molecule has 4 nitrogen and oxygen atoms in total. The predicted molar refractivity (Wildman–Crippen MR) is 90.6 cm³/mol. The minimum absolute atomic E-state index is 0.502. The zero-order valence-electron chi connectivity index (χ0n) is 13.9. The number of aromatic nitrogens is 4. The van der Waals surface area contributed by atoms with Crippen molar-refractivity contribution in [3.8, 4) is 11.5 Å². The van der Waals surface area contributed by atoms with Gasteiger partial charge in [-0.2, -0.15) is 0 Å². The van der Waals surface area contributed by atoms with Crippen molar-refractivity contribution in [1.29, 1.82) is 0 Å². The lowest BCUT2D eigenvalue weighted by molar-refractivity contribution is 0.491. The van der Waals surface area contributed by atoms with Gasteiger partial charge >= 0.3 is 0 Å². The Morgan fingerprint density at radius 2 is 1.77 bits per heavy atom. The van der Waals surface area contributed by atoms with Gasteiger partial charge in [0.1, 0.15) is 11.5 Å². The number of hydrogen-bond acceptors (Lipinski definition) is 3. The van der Waals surface area contributed by atoms with E-state index in [0.29, 0.717) is 5.92 Å². The number of rotatable bonds is 10. The van der Waals surface area contributed by atoms with Crippen LogP contribution in [0.3, 0.4) is 0 Å². The number of hydrogen-bond donors (Lipinski definition) is 1. The van der Waals surface area contributed by atoms with Gasteiger partial charge in [0.15, 0.2) is 5.82 Å². The maximum Gasteiger partial charge on any atom is 0.179 e. The van der Waals surface area contributed by atoms with Gasteiger partial charge in [0.2, 0.25) is 0 Å². The standard InChI is InChI=1S/C18H28N4/c1-3-5-7-8-12-15(11-6-4-2)17-20-18(22-21-17)16-13-9-10-14-19-16/h9-10,13-15H,3-8,11-12H2,1-2H3,(H,20,21,22). The summed E-state index contributed by atoms with van der Waals surface area (Å²) in [5.41, 5.74) is 0.862. The second kappa shape index (κ2) is 9.34. The molecule has 0 aliphatic rings. The average molecular weight is 300 g/mol. The first kappa shape index (κ1) is 16.7. The minimum Gasteiger partial charge on any atom is -0.323 e. The molecule has 0 spiro atoms. The molecule has 120 valence electrons. The van der Waals surface area contributed by atoms with Crippen LogP contribution < -0.4 is 0 Å². The van der Waals surface area contributed by atoms with Gasteiger partial charge < -0.3 is 4.98 Å². The molecule has 0 amide bonds. The summed E-state index contributed by atoms with van der Waals surface area (Å²) in [4.78, 5) is 7.73. The van der Waals surface area contributed by atoms with Crippen LogP contribution in [0.5, 0.6) is 0 Å². The molecular formula is C18H28N4. The summed E-state index contributed by atoms with van der Waals surface area (Å²) < 4.78 is 0. The summed E-state index contributed by atoms with van der Waals surface area (Å²) in [6.07, 6.45) is 11.9. The Morgan fingerprint density at radius 3 is 2.50 bits per heavy atom. The Labute approximate surface area is 133 Å². The highest BCUT2D eigenvalue weighted by atomic mass is 15.2. The van der Waals surface area contributed by atoms with Crippen LogP contribution in [-0.4, -0.2) is 20.2 Å². The third kappa shape index (κ3) is 4.93. The molecule has 2 aromatic rings. The van der Waals surface area contributed by atoms with Crippen molar-refractivity contribution in [2.75, 3.05) is 0 Å². The molecule has 1 N–H and O–H groups in total. The molecule has 2 heterocycles. The van der Waals surface area contributed by atoms with Crippen molar-refractivity contribution in [2.45, 2.75) is 71.1 Å². The smallest absolute Gasteiger partial charge is 0.179 e. The zero-order valence-corrected chi connectivity index (χ0v) is 13.9. The van der Waals surface area contributed by atoms with Crippen molar-refractivity contribution < 1.29 is 0 Å². The van der Waals surface area contributed by atoms with Gasteiger partial charge in [-0.3, -0.25) is 4.98 Å². The second-order valence-corrected chi connectivity index (χ2v) is 5.96. The van der Waals surface area contributed by atoms with Crippen LogP contribution >= 0.6 is 0 Å². The van der Waals surface area contributed by atoms with Crippen molar-refractivity contribution in [2.24, 2.45) is 0 Å². The molecule has 4 heteroatoms. The first-order valence-electron chi connectivity index (χ1n) is 8.69. The van der Waals surface area contributed by atoms with Crippen molar-refractivity contribution >= 4 is 0 Å². The van der Waals surface area contributed by atoms with E-state index in [2.05, 4.69) is 34.0 Å². The number of nitrogens with zero attached hydrogens (tertiary/aromatic N) is 3. The molecule has 22 heavy (non-hydrogen) atoms. The van der Waals surface area contributed by atoms with E-state index in [1.165, 1.54) is 51.4 Å². The van der Waals surface area contributed by atoms with Crippen molar-refractivity contribution in [1.82, 2.24) is 20.2 Å². The van der Waals surface area contributed by atoms with Gasteiger partial charge in [0.25, 0.3) is 0 Å². The Bertz CT molecular complexity index is 521. The van der Waals surface area contributed by atoms with Crippen LogP contribution in [0.15, 0.2) is 24.4 Å². The lowest BCUT2D eigenvalue weighted by atomic mass is 9.94. The number of unbranched alkanes of at least 4 members (excludes halogenated alkanes) is 4. The topological polar surface area (TPSA) is 54.5 Å². The van der Waals surface area contributed by atoms with Gasteiger partial charge in [0.05, 0.1) is 0 Å². The molecule has 0 saturated carbocycles. The molecule has 0 aromatic carbocycles. The summed E-state index contributed by atoms with van der Waals surface area (Å²) in [5, 5.41) is 8.69. The fraction of sp³-hybridized carbons (Fsp3) is 0.611. The Hall–Kier alpha value is -1.71. The summed E-state index contributed by atoms with van der Waals surface area (Å²) in [6, 6.07) is 5.86. The third-order valence-corrected chi connectivity index (χ3v) is 4.11. The first-order chi connectivity index (χ1) is 10.8. The molecule has 0 fully saturated rings. The highest BCUT2D eigenvalue weighted by molar-refractivity contribution is 5.47. The molecule has 0 aliphatic carbocycles. The zero-order chi connectivity index (χ0) is 15.6. The molecule has 0 saturated heterocycles. The lowest BCUT2D eigenvalue weighted by Gasteiger charge is -2.13. The highest BCUT2D eigenvalue weighted by Crippen LogP contribution is 2.26. The Balaban J connectivity index is 2.02. The molecule has 1 atom stereocenters. The molecule has 0 bridgehead atoms. The van der Waals surface area contributed by atoms with Crippen LogP contribution in [0.2, 0.25) is 0 Å². The average Bonchev–Trinajstić information content (AvgIpc) is 3.05. The first-order valence-corrected chi connectivity index (χ1v) is 8.69. The maximum atomic E-state index is 4.40. The van der Waals surface area contributed by atoms with Gasteiger partial charge in [0, 0.05) is 12.1 Å². The number of nitrogens with one attached hydrogen (secondary N) is 1. The predicted octanol–water partition coefficient (Wildman–Crippen LogP) is 5.11. The molecular weight excluding hydrogens is 272 g/mol. The van der Waals surface area contributed by atoms with E-state index in [4.69, 9.17) is 0 Å². The maximum absolute atomic E-state index is 4.40. The second-order valence-electron chi connectivity index (χ2n) is 5.96. The number of aromatic amines is 1. The van der Waals surface area contributed by atoms with E-state index in [0.717, 1.165) is 17.3 Å². The summed E-state index contributed by atoms with van der Waals surface area (Å²) >= 11 is 0. The molecule has 0 aliphatic heterocycles. The molecule has 2 rings (SSSR count). The number of H-pyrrole nitrogens is 1. The van der Waals surface area contributed by atoms with Gasteiger partial charge in [-0.1, -0.05) is 58.4 Å². The van der Waals surface area contributed by atoms with Crippen LogP contribution in [0.1, 0.15) is 77.0 Å². The molecule has 2 aromatic heterocycles. The van der Waals surface area contributed by atoms with Crippen LogP contribution in [0.25, 0.3) is 11.5 Å². The molecule has 1 unspecified atom stereocenters. The Kier molecular flexibility index (Phi) is 7.07. The fourth-order valence-electron chi connectivity index (χ4n) is 2.76. The summed E-state index contributed by atoms with van der Waals surface area (Å²) in [6.45, 7) is 4.50. The van der Waals surface area contributed by atoms with Gasteiger partial charge in [-0.15, -0.1) is 10.2 Å². The normalized spacial score (nSPS) is 12.5. The summed E-state index contributed by atoms with van der Waals surface area (Å²) in [5.74, 6) is 2.32. The Morgan fingerprint density at radius 1 is 0.955 bits per heavy atom. The monoisotopic (exact) mass is 300 g/mol. The quantitative estimate of drug-likeness (QED) is 0.620. The van der Waals surface area contributed by atoms with Crippen LogP contribution in [-0.2, 0) is 0 Å². The van der Waals surface area contributed by atoms with Crippen molar-refractivity contribution in [3.05, 3.63) is 30.2 Å². The fourth-order valence-corrected chi connectivity index (χ4v) is 2.76.